The fourth-order valence-corrected chi connectivity index (χ4v) is 3.28. The zero-order chi connectivity index (χ0) is 17.7. The fourth-order valence-electron chi connectivity index (χ4n) is 2.92. The van der Waals surface area contributed by atoms with Gasteiger partial charge in [-0.25, -0.2) is 0 Å². The Hall–Kier alpha value is -3.33. The quantitative estimate of drug-likeness (QED) is 0.415. The lowest BCUT2D eigenvalue weighted by atomic mass is 10.2. The predicted octanol–water partition coefficient (Wildman–Crippen LogP) is 4.64. The van der Waals surface area contributed by atoms with Crippen LogP contribution in [0, 0.1) is 0 Å². The van der Waals surface area contributed by atoms with Gasteiger partial charge in [-0.2, -0.15) is 4.52 Å². The number of fused-ring (bicyclic) bond motifs is 4. The monoisotopic (exact) mass is 407 g/mol. The van der Waals surface area contributed by atoms with E-state index in [0.29, 0.717) is 17.2 Å². The molecule has 0 aliphatic rings. The highest BCUT2D eigenvalue weighted by Crippen LogP contribution is 2.38. The van der Waals surface area contributed by atoms with Gasteiger partial charge in [0.1, 0.15) is 6.33 Å². The van der Waals surface area contributed by atoms with Gasteiger partial charge in [-0.05, 0) is 18.2 Å². The molecule has 0 atom stereocenters. The topological polar surface area (TPSA) is 104 Å². The van der Waals surface area contributed by atoms with Gasteiger partial charge in [0.2, 0.25) is 11.7 Å². The smallest absolute Gasteiger partial charge is 0.218 e. The van der Waals surface area contributed by atoms with Gasteiger partial charge >= 0.3 is 0 Å². The molecule has 9 heteroatoms. The molecule has 26 heavy (non-hydrogen) atoms. The normalized spacial score (nSPS) is 12.0. The molecule has 0 amide bonds. The molecule has 0 radical (unpaired) electrons. The average Bonchev–Trinajstić information content (AvgIpc) is 3.23. The molecule has 0 aliphatic carbocycles. The molecule has 0 spiro atoms. The Morgan fingerprint density at radius 1 is 1.04 bits per heavy atom. The number of nitrogens with zero attached hydrogens (tertiary/aromatic N) is 6. The summed E-state index contributed by atoms with van der Waals surface area (Å²) in [7, 11) is 0. The lowest BCUT2D eigenvalue weighted by Gasteiger charge is -2.02. The van der Waals surface area contributed by atoms with Gasteiger partial charge in [0.25, 0.3) is 0 Å². The van der Waals surface area contributed by atoms with E-state index in [9.17, 15) is 5.11 Å². The Morgan fingerprint density at radius 3 is 2.77 bits per heavy atom. The van der Waals surface area contributed by atoms with Crippen molar-refractivity contribution in [2.75, 3.05) is 0 Å². The molecular weight excluding hydrogens is 398 g/mol. The second-order valence-electron chi connectivity index (χ2n) is 5.68. The van der Waals surface area contributed by atoms with Gasteiger partial charge < -0.3 is 10.1 Å². The van der Waals surface area contributed by atoms with Crippen LogP contribution in [-0.4, -0.2) is 29.9 Å². The van der Waals surface area contributed by atoms with Crippen LogP contribution in [-0.2, 0) is 0 Å². The van der Waals surface area contributed by atoms with E-state index in [4.69, 9.17) is 0 Å². The molecule has 0 saturated heterocycles. The van der Waals surface area contributed by atoms with Crippen LogP contribution in [0.3, 0.4) is 0 Å². The standard InChI is InChI=1S/C17H10BrN7O/c18-9-5-6-13-12(7-9)14(17(26)20-13)21-22-15-10-3-1-2-4-11(10)16-23-19-8-25(16)24-15/h1-8,20,26H. The van der Waals surface area contributed by atoms with Crippen molar-refractivity contribution >= 4 is 54.8 Å². The first-order chi connectivity index (χ1) is 12.7. The maximum Gasteiger partial charge on any atom is 0.218 e. The molecule has 0 unspecified atom stereocenters. The SMILES string of the molecule is Oc1[nH]c2ccc(Br)cc2c1N=Nc1nn2cnnc2c2ccccc12. The molecule has 0 saturated carbocycles. The number of aromatic amines is 1. The number of benzene rings is 2. The third kappa shape index (κ3) is 2.25. The fraction of sp³-hybridized carbons (Fsp3) is 0. The summed E-state index contributed by atoms with van der Waals surface area (Å²) in [6.45, 7) is 0. The summed E-state index contributed by atoms with van der Waals surface area (Å²) >= 11 is 3.43. The largest absolute Gasteiger partial charge is 0.493 e. The molecule has 5 aromatic rings. The van der Waals surface area contributed by atoms with Crippen molar-refractivity contribution in [1.29, 1.82) is 0 Å². The van der Waals surface area contributed by atoms with Crippen LogP contribution < -0.4 is 0 Å². The van der Waals surface area contributed by atoms with E-state index in [2.05, 4.69) is 46.4 Å². The van der Waals surface area contributed by atoms with Crippen molar-refractivity contribution in [3.05, 3.63) is 53.3 Å². The van der Waals surface area contributed by atoms with Crippen molar-refractivity contribution in [2.45, 2.75) is 0 Å². The Balaban J connectivity index is 1.72. The highest BCUT2D eigenvalue weighted by Gasteiger charge is 2.13. The first-order valence-electron chi connectivity index (χ1n) is 7.71. The first kappa shape index (κ1) is 15.0. The molecule has 126 valence electrons. The summed E-state index contributed by atoms with van der Waals surface area (Å²) < 4.78 is 2.44. The van der Waals surface area contributed by atoms with Crippen LogP contribution in [0.2, 0.25) is 0 Å². The maximum absolute atomic E-state index is 10.2. The lowest BCUT2D eigenvalue weighted by Crippen LogP contribution is -1.92. The molecule has 5 rings (SSSR count). The maximum atomic E-state index is 10.2. The van der Waals surface area contributed by atoms with Gasteiger partial charge in [0, 0.05) is 20.6 Å². The van der Waals surface area contributed by atoms with Crippen LogP contribution in [0.15, 0.2) is 63.5 Å². The first-order valence-corrected chi connectivity index (χ1v) is 8.51. The Kier molecular flexibility index (Phi) is 3.22. The van der Waals surface area contributed by atoms with Crippen molar-refractivity contribution in [3.8, 4) is 5.88 Å². The molecule has 3 heterocycles. The van der Waals surface area contributed by atoms with Crippen LogP contribution in [0.25, 0.3) is 27.3 Å². The van der Waals surface area contributed by atoms with E-state index in [1.54, 1.807) is 4.52 Å². The number of aromatic nitrogens is 5. The van der Waals surface area contributed by atoms with Gasteiger partial charge in [0.15, 0.2) is 11.3 Å². The number of azo groups is 1. The summed E-state index contributed by atoms with van der Waals surface area (Å²) in [6, 6.07) is 13.3. The summed E-state index contributed by atoms with van der Waals surface area (Å²) in [6.07, 6.45) is 1.51. The minimum Gasteiger partial charge on any atom is -0.493 e. The third-order valence-corrected chi connectivity index (χ3v) is 4.59. The van der Waals surface area contributed by atoms with Crippen molar-refractivity contribution in [2.24, 2.45) is 10.2 Å². The van der Waals surface area contributed by atoms with Gasteiger partial charge in [-0.15, -0.1) is 25.5 Å². The van der Waals surface area contributed by atoms with E-state index < -0.39 is 0 Å². The van der Waals surface area contributed by atoms with E-state index in [-0.39, 0.29) is 5.88 Å². The molecule has 2 aromatic carbocycles. The van der Waals surface area contributed by atoms with Gasteiger partial charge in [-0.3, -0.25) is 0 Å². The highest BCUT2D eigenvalue weighted by atomic mass is 79.9. The molecule has 0 fully saturated rings. The van der Waals surface area contributed by atoms with Crippen molar-refractivity contribution in [3.63, 3.8) is 0 Å². The number of hydrogen-bond acceptors (Lipinski definition) is 6. The molecule has 8 nitrogen and oxygen atoms in total. The number of nitrogens with one attached hydrogen (secondary N) is 1. The molecule has 3 aromatic heterocycles. The Labute approximate surface area is 154 Å². The van der Waals surface area contributed by atoms with Crippen LogP contribution in [0.5, 0.6) is 5.88 Å². The summed E-state index contributed by atoms with van der Waals surface area (Å²) in [5.74, 6) is 0.369. The van der Waals surface area contributed by atoms with E-state index >= 15 is 0 Å². The molecule has 2 N–H and O–H groups in total. The number of halogens is 1. The zero-order valence-corrected chi connectivity index (χ0v) is 14.7. The van der Waals surface area contributed by atoms with Gasteiger partial charge in [-0.1, -0.05) is 40.2 Å². The number of H-pyrrole nitrogens is 1. The second kappa shape index (κ2) is 5.60. The van der Waals surface area contributed by atoms with Gasteiger partial charge in [0.05, 0.1) is 5.52 Å². The van der Waals surface area contributed by atoms with Crippen LogP contribution in [0.1, 0.15) is 0 Å². The average molecular weight is 408 g/mol. The zero-order valence-electron chi connectivity index (χ0n) is 13.1. The van der Waals surface area contributed by atoms with Crippen molar-refractivity contribution < 1.29 is 5.11 Å². The summed E-state index contributed by atoms with van der Waals surface area (Å²) in [4.78, 5) is 2.89. The Bertz CT molecular complexity index is 1320. The van der Waals surface area contributed by atoms with Crippen LogP contribution in [0.4, 0.5) is 11.5 Å². The number of hydrogen-bond donors (Lipinski definition) is 2. The third-order valence-electron chi connectivity index (χ3n) is 4.10. The lowest BCUT2D eigenvalue weighted by molar-refractivity contribution is 0.459. The predicted molar refractivity (Wildman–Crippen MR) is 100 cm³/mol. The van der Waals surface area contributed by atoms with Crippen molar-refractivity contribution in [1.82, 2.24) is 24.8 Å². The minimum atomic E-state index is -0.0449. The molecular formula is C17H10BrN7O. The Morgan fingerprint density at radius 2 is 1.88 bits per heavy atom. The van der Waals surface area contributed by atoms with E-state index in [0.717, 1.165) is 26.1 Å². The highest BCUT2D eigenvalue weighted by molar-refractivity contribution is 9.10. The summed E-state index contributed by atoms with van der Waals surface area (Å²) in [5, 5.41) is 33.6. The van der Waals surface area contributed by atoms with Crippen LogP contribution >= 0.6 is 15.9 Å². The minimum absolute atomic E-state index is 0.0449. The second-order valence-corrected chi connectivity index (χ2v) is 6.60. The molecule has 0 bridgehead atoms. The van der Waals surface area contributed by atoms with E-state index in [1.165, 1.54) is 6.33 Å². The molecule has 0 aliphatic heterocycles. The summed E-state index contributed by atoms with van der Waals surface area (Å²) in [5.41, 5.74) is 1.78. The number of rotatable bonds is 2. The number of aromatic hydroxyl groups is 1. The van der Waals surface area contributed by atoms with E-state index in [1.807, 2.05) is 42.5 Å².